The van der Waals surface area contributed by atoms with Crippen LogP contribution in [0.15, 0.2) is 97.2 Å². The summed E-state index contributed by atoms with van der Waals surface area (Å²) in [7, 11) is 0. The molecule has 0 spiro atoms. The third kappa shape index (κ3) is 61.2. The summed E-state index contributed by atoms with van der Waals surface area (Å²) < 4.78 is 16.9. The number of esters is 3. The Morgan fingerprint density at radius 2 is 0.513 bits per heavy atom. The Bertz CT molecular complexity index is 1490. The van der Waals surface area contributed by atoms with Crippen LogP contribution in [0.2, 0.25) is 0 Å². The van der Waals surface area contributed by atoms with Gasteiger partial charge in [-0.3, -0.25) is 14.4 Å². The van der Waals surface area contributed by atoms with E-state index >= 15 is 0 Å². The van der Waals surface area contributed by atoms with Crippen LogP contribution in [0.4, 0.5) is 0 Å². The van der Waals surface area contributed by atoms with Gasteiger partial charge in [0.1, 0.15) is 13.2 Å². The van der Waals surface area contributed by atoms with Gasteiger partial charge in [-0.05, 0) is 83.5 Å². The third-order valence-electron chi connectivity index (χ3n) is 13.9. The summed E-state index contributed by atoms with van der Waals surface area (Å²) in [5.74, 6) is -0.894. The highest BCUT2D eigenvalue weighted by Gasteiger charge is 2.19. The Morgan fingerprint density at radius 3 is 0.803 bits per heavy atom. The first-order valence-corrected chi connectivity index (χ1v) is 32.2. The van der Waals surface area contributed by atoms with Crippen LogP contribution in [0.1, 0.15) is 310 Å². The lowest BCUT2D eigenvalue weighted by Gasteiger charge is -2.18. The average Bonchev–Trinajstić information content (AvgIpc) is 3.42. The van der Waals surface area contributed by atoms with Crippen molar-refractivity contribution < 1.29 is 28.6 Å². The lowest BCUT2D eigenvalue weighted by atomic mass is 10.0. The summed E-state index contributed by atoms with van der Waals surface area (Å²) in [6.07, 6.45) is 85.5. The van der Waals surface area contributed by atoms with Gasteiger partial charge in [0, 0.05) is 19.3 Å². The van der Waals surface area contributed by atoms with Gasteiger partial charge in [-0.25, -0.2) is 0 Å². The van der Waals surface area contributed by atoms with E-state index in [1.165, 1.54) is 148 Å². The number of unbranched alkanes of at least 4 members (excludes halogenated alkanes) is 31. The molecule has 0 saturated carbocycles. The van der Waals surface area contributed by atoms with Crippen molar-refractivity contribution in [1.82, 2.24) is 0 Å². The van der Waals surface area contributed by atoms with Gasteiger partial charge in [0.05, 0.1) is 0 Å². The molecule has 0 aliphatic carbocycles. The highest BCUT2D eigenvalue weighted by atomic mass is 16.6. The van der Waals surface area contributed by atoms with Crippen molar-refractivity contribution in [2.45, 2.75) is 316 Å². The molecule has 76 heavy (non-hydrogen) atoms. The first kappa shape index (κ1) is 72.3. The average molecular weight is 1060 g/mol. The molecule has 1 atom stereocenters. The molecular weight excluding hydrogens is 937 g/mol. The maximum atomic E-state index is 12.9. The number of carbonyl (C=O) groups is 3. The Balaban J connectivity index is 4.35. The molecule has 0 radical (unpaired) electrons. The minimum Gasteiger partial charge on any atom is -0.462 e. The molecule has 0 aliphatic rings. The van der Waals surface area contributed by atoms with E-state index in [9.17, 15) is 14.4 Å². The van der Waals surface area contributed by atoms with E-state index in [1.54, 1.807) is 0 Å². The third-order valence-corrected chi connectivity index (χ3v) is 13.9. The SMILES string of the molecule is CC/C=C\C/C=C\C/C=C\C/C=C\C/C=C\C/C=C\C/C=C\C/C=C\CCCCCCC(=O)OCC(COC(=O)CCCCCCCCCCCCCCCC)OC(=O)CCCCCCCCCCCCCCCCC. The molecule has 0 aromatic carbocycles. The smallest absolute Gasteiger partial charge is 0.306 e. The number of ether oxygens (including phenoxy) is 3. The summed E-state index contributed by atoms with van der Waals surface area (Å²) in [5.41, 5.74) is 0. The number of carbonyl (C=O) groups excluding carboxylic acids is 3. The molecule has 0 fully saturated rings. The standard InChI is InChI=1S/C70H120O6/c1-4-7-10-13-16-19-22-25-28-29-30-31-32-33-34-35-36-37-38-39-40-41-43-45-48-51-54-57-60-63-69(72)75-66-67(65-74-68(71)62-59-56-53-50-47-44-27-24-21-18-15-12-9-6-3)76-70(73)64-61-58-55-52-49-46-42-26-23-20-17-14-11-8-5-2/h7,10,16,19,25,28,30-31,33-34,36-37,39-40,43,45,67H,4-6,8-9,11-15,17-18,20-24,26-27,29,32,35,38,41-42,44,46-66H2,1-3H3/b10-7-,19-16-,28-25-,31-30-,34-33-,37-36-,40-39-,45-43-. The molecule has 0 amide bonds. The molecule has 0 bridgehead atoms. The number of allylic oxidation sites excluding steroid dienone is 16. The van der Waals surface area contributed by atoms with Crippen LogP contribution in [0.5, 0.6) is 0 Å². The Kier molecular flexibility index (Phi) is 60.8. The molecule has 0 aliphatic heterocycles. The van der Waals surface area contributed by atoms with E-state index in [2.05, 4.69) is 118 Å². The van der Waals surface area contributed by atoms with Crippen LogP contribution >= 0.6 is 0 Å². The highest BCUT2D eigenvalue weighted by molar-refractivity contribution is 5.71. The van der Waals surface area contributed by atoms with Crippen LogP contribution in [0.25, 0.3) is 0 Å². The van der Waals surface area contributed by atoms with E-state index in [0.717, 1.165) is 122 Å². The van der Waals surface area contributed by atoms with E-state index in [-0.39, 0.29) is 31.1 Å². The van der Waals surface area contributed by atoms with Crippen molar-refractivity contribution in [3.05, 3.63) is 97.2 Å². The highest BCUT2D eigenvalue weighted by Crippen LogP contribution is 2.17. The molecule has 0 rings (SSSR count). The fraction of sp³-hybridized carbons (Fsp3) is 0.729. The minimum atomic E-state index is -0.786. The second kappa shape index (κ2) is 63.9. The first-order chi connectivity index (χ1) is 37.5. The lowest BCUT2D eigenvalue weighted by Crippen LogP contribution is -2.30. The largest absolute Gasteiger partial charge is 0.462 e. The predicted octanol–water partition coefficient (Wildman–Crippen LogP) is 22.0. The van der Waals surface area contributed by atoms with Crippen LogP contribution in [-0.2, 0) is 28.6 Å². The monoisotopic (exact) mass is 1060 g/mol. The molecule has 436 valence electrons. The summed E-state index contributed by atoms with van der Waals surface area (Å²) in [4.78, 5) is 38.3. The summed E-state index contributed by atoms with van der Waals surface area (Å²) in [6, 6.07) is 0. The molecule has 6 heteroatoms. The van der Waals surface area contributed by atoms with Crippen molar-refractivity contribution in [2.24, 2.45) is 0 Å². The Morgan fingerprint density at radius 1 is 0.276 bits per heavy atom. The number of hydrogen-bond donors (Lipinski definition) is 0. The topological polar surface area (TPSA) is 78.9 Å². The molecule has 1 unspecified atom stereocenters. The fourth-order valence-corrected chi connectivity index (χ4v) is 9.05. The Labute approximate surface area is 470 Å². The Hall–Kier alpha value is -3.67. The molecule has 0 heterocycles. The van der Waals surface area contributed by atoms with E-state index in [1.807, 2.05) is 0 Å². The van der Waals surface area contributed by atoms with Gasteiger partial charge < -0.3 is 14.2 Å². The zero-order chi connectivity index (χ0) is 55.0. The van der Waals surface area contributed by atoms with Crippen LogP contribution in [-0.4, -0.2) is 37.2 Å². The summed E-state index contributed by atoms with van der Waals surface area (Å²) in [6.45, 7) is 6.54. The van der Waals surface area contributed by atoms with Gasteiger partial charge in [-0.15, -0.1) is 0 Å². The molecule has 0 saturated heterocycles. The predicted molar refractivity (Wildman–Crippen MR) is 330 cm³/mol. The zero-order valence-corrected chi connectivity index (χ0v) is 50.0. The van der Waals surface area contributed by atoms with Gasteiger partial charge >= 0.3 is 17.9 Å². The van der Waals surface area contributed by atoms with Gasteiger partial charge in [-0.1, -0.05) is 304 Å². The van der Waals surface area contributed by atoms with E-state index in [4.69, 9.17) is 14.2 Å². The molecule has 0 aromatic rings. The van der Waals surface area contributed by atoms with Gasteiger partial charge in [0.25, 0.3) is 0 Å². The normalized spacial score (nSPS) is 12.7. The van der Waals surface area contributed by atoms with Crippen molar-refractivity contribution in [3.63, 3.8) is 0 Å². The second-order valence-electron chi connectivity index (χ2n) is 21.3. The number of hydrogen-bond acceptors (Lipinski definition) is 6. The second-order valence-corrected chi connectivity index (χ2v) is 21.3. The molecular formula is C70H120O6. The van der Waals surface area contributed by atoms with Crippen molar-refractivity contribution in [1.29, 1.82) is 0 Å². The van der Waals surface area contributed by atoms with Crippen LogP contribution < -0.4 is 0 Å². The summed E-state index contributed by atoms with van der Waals surface area (Å²) >= 11 is 0. The van der Waals surface area contributed by atoms with Crippen LogP contribution in [0, 0.1) is 0 Å². The van der Waals surface area contributed by atoms with Gasteiger partial charge in [0.15, 0.2) is 6.10 Å². The van der Waals surface area contributed by atoms with Crippen molar-refractivity contribution in [3.8, 4) is 0 Å². The lowest BCUT2D eigenvalue weighted by molar-refractivity contribution is -0.167. The van der Waals surface area contributed by atoms with Gasteiger partial charge in [-0.2, -0.15) is 0 Å². The van der Waals surface area contributed by atoms with E-state index < -0.39 is 6.10 Å². The van der Waals surface area contributed by atoms with E-state index in [0.29, 0.717) is 19.3 Å². The minimum absolute atomic E-state index is 0.0813. The fourth-order valence-electron chi connectivity index (χ4n) is 9.05. The van der Waals surface area contributed by atoms with Crippen molar-refractivity contribution >= 4 is 17.9 Å². The molecule has 6 nitrogen and oxygen atoms in total. The van der Waals surface area contributed by atoms with Gasteiger partial charge in [0.2, 0.25) is 0 Å². The zero-order valence-electron chi connectivity index (χ0n) is 50.0. The van der Waals surface area contributed by atoms with Crippen LogP contribution in [0.3, 0.4) is 0 Å². The molecule has 0 aromatic heterocycles. The number of rotatable bonds is 58. The first-order valence-electron chi connectivity index (χ1n) is 32.2. The summed E-state index contributed by atoms with van der Waals surface area (Å²) in [5, 5.41) is 0. The van der Waals surface area contributed by atoms with Crippen molar-refractivity contribution in [2.75, 3.05) is 13.2 Å². The maximum Gasteiger partial charge on any atom is 0.306 e. The maximum absolute atomic E-state index is 12.9. The quantitative estimate of drug-likeness (QED) is 0.0261. The molecule has 0 N–H and O–H groups in total.